The molecule has 0 saturated heterocycles. The molecule has 0 bridgehead atoms. The Hall–Kier alpha value is -1.29. The van der Waals surface area contributed by atoms with Gasteiger partial charge in [-0.25, -0.2) is 0 Å². The van der Waals surface area contributed by atoms with Crippen LogP contribution in [0.5, 0.6) is 0 Å². The maximum Gasteiger partial charge on any atom is 0.230 e. The van der Waals surface area contributed by atoms with Crippen LogP contribution < -0.4 is 5.32 Å². The van der Waals surface area contributed by atoms with Crippen LogP contribution >= 0.6 is 0 Å². The predicted octanol–water partition coefficient (Wildman–Crippen LogP) is 2.39. The molecular weight excluding hydrogens is 298 g/mol. The van der Waals surface area contributed by atoms with Crippen LogP contribution in [0.2, 0.25) is 0 Å². The first kappa shape index (κ1) is 16.2. The molecule has 0 spiro atoms. The number of carbonyl (C=O) groups excluding carboxylic acids is 1. The van der Waals surface area contributed by atoms with Crippen molar-refractivity contribution in [2.24, 2.45) is 17.8 Å². The lowest BCUT2D eigenvalue weighted by Gasteiger charge is -2.49. The number of likely N-dealkylation sites (N-methyl/N-ethyl adjacent to an activating group) is 1. The van der Waals surface area contributed by atoms with Crippen molar-refractivity contribution < 1.29 is 4.79 Å². The minimum atomic E-state index is 0.0430. The Kier molecular flexibility index (Phi) is 4.19. The van der Waals surface area contributed by atoms with Crippen molar-refractivity contribution in [3.05, 3.63) is 23.4 Å². The van der Waals surface area contributed by atoms with Crippen molar-refractivity contribution in [3.63, 3.8) is 0 Å². The highest BCUT2D eigenvalue weighted by Gasteiger charge is 2.48. The van der Waals surface area contributed by atoms with E-state index in [2.05, 4.69) is 43.4 Å². The van der Waals surface area contributed by atoms with Crippen LogP contribution in [0.4, 0.5) is 0 Å². The first-order valence-electron chi connectivity index (χ1n) is 9.79. The molecule has 132 valence electrons. The molecule has 5 atom stereocenters. The van der Waals surface area contributed by atoms with Gasteiger partial charge in [0.05, 0.1) is 5.92 Å². The average molecular weight is 329 g/mol. The topological polar surface area (TPSA) is 35.6 Å². The van der Waals surface area contributed by atoms with E-state index in [1.807, 2.05) is 4.90 Å². The summed E-state index contributed by atoms with van der Waals surface area (Å²) in [7, 11) is 2.21. The maximum absolute atomic E-state index is 12.9. The van der Waals surface area contributed by atoms with Crippen LogP contribution in [0, 0.1) is 17.8 Å². The highest BCUT2D eigenvalue weighted by molar-refractivity contribution is 5.81. The van der Waals surface area contributed by atoms with Gasteiger partial charge in [-0.05, 0) is 57.8 Å². The summed E-state index contributed by atoms with van der Waals surface area (Å²) in [6, 6.07) is 1.15. The highest BCUT2D eigenvalue weighted by Crippen LogP contribution is 2.50. The van der Waals surface area contributed by atoms with Crippen LogP contribution in [-0.2, 0) is 4.79 Å². The Balaban J connectivity index is 1.65. The monoisotopic (exact) mass is 329 g/mol. The molecule has 3 unspecified atom stereocenters. The molecule has 4 aliphatic rings. The van der Waals surface area contributed by atoms with Crippen molar-refractivity contribution in [2.75, 3.05) is 26.7 Å². The van der Waals surface area contributed by atoms with Gasteiger partial charge in [0.1, 0.15) is 0 Å². The lowest BCUT2D eigenvalue weighted by molar-refractivity contribution is -0.134. The molecule has 24 heavy (non-hydrogen) atoms. The van der Waals surface area contributed by atoms with E-state index in [0.29, 0.717) is 29.8 Å². The van der Waals surface area contributed by atoms with Crippen LogP contribution in [0.3, 0.4) is 0 Å². The summed E-state index contributed by atoms with van der Waals surface area (Å²) in [5.41, 5.74) is 3.21. The van der Waals surface area contributed by atoms with Crippen molar-refractivity contribution in [2.45, 2.75) is 51.6 Å². The number of nitrogens with zero attached hydrogens (tertiary/aromatic N) is 2. The molecule has 2 fully saturated rings. The summed E-state index contributed by atoms with van der Waals surface area (Å²) in [5.74, 6) is 1.70. The first-order chi connectivity index (χ1) is 11.6. The van der Waals surface area contributed by atoms with Gasteiger partial charge in [0, 0.05) is 37.6 Å². The molecule has 0 radical (unpaired) electrons. The second-order valence-electron chi connectivity index (χ2n) is 8.00. The molecule has 1 amide bonds. The van der Waals surface area contributed by atoms with Gasteiger partial charge in [-0.3, -0.25) is 9.69 Å². The molecule has 0 aromatic heterocycles. The number of hydrogen-bond acceptors (Lipinski definition) is 3. The quantitative estimate of drug-likeness (QED) is 0.808. The zero-order chi connectivity index (χ0) is 16.8. The van der Waals surface area contributed by atoms with E-state index in [0.717, 1.165) is 26.1 Å². The lowest BCUT2D eigenvalue weighted by atomic mass is 9.62. The fourth-order valence-corrected chi connectivity index (χ4v) is 5.66. The molecular formula is C20H31N3O. The van der Waals surface area contributed by atoms with Crippen molar-refractivity contribution in [3.8, 4) is 0 Å². The molecule has 2 saturated carbocycles. The van der Waals surface area contributed by atoms with Gasteiger partial charge in [-0.15, -0.1) is 0 Å². The molecule has 0 aromatic rings. The van der Waals surface area contributed by atoms with E-state index in [9.17, 15) is 4.79 Å². The number of nitrogens with one attached hydrogen (secondary N) is 1. The Morgan fingerprint density at radius 1 is 1.33 bits per heavy atom. The SMILES string of the molecule is CCN(CC)C(=O)[C@@H]1C=C2C3CCCC4NC=C(C[C@H]2N(C)C1)C43. The van der Waals surface area contributed by atoms with E-state index in [1.54, 1.807) is 11.1 Å². The van der Waals surface area contributed by atoms with E-state index >= 15 is 0 Å². The molecule has 1 N–H and O–H groups in total. The number of amides is 1. The Morgan fingerprint density at radius 2 is 2.12 bits per heavy atom. The molecule has 4 rings (SSSR count). The Morgan fingerprint density at radius 3 is 2.88 bits per heavy atom. The van der Waals surface area contributed by atoms with Gasteiger partial charge in [-0.1, -0.05) is 18.1 Å². The number of carbonyl (C=O) groups is 1. The summed E-state index contributed by atoms with van der Waals surface area (Å²) in [5, 5.41) is 3.64. The largest absolute Gasteiger partial charge is 0.388 e. The number of fused-ring (bicyclic) bond motifs is 2. The number of hydrogen-bond donors (Lipinski definition) is 1. The normalized spacial score (nSPS) is 37.7. The fraction of sp³-hybridized carbons (Fsp3) is 0.750. The Labute approximate surface area is 146 Å². The maximum atomic E-state index is 12.9. The summed E-state index contributed by atoms with van der Waals surface area (Å²) in [6.45, 7) is 6.65. The van der Waals surface area contributed by atoms with Gasteiger partial charge in [0.15, 0.2) is 0 Å². The van der Waals surface area contributed by atoms with Gasteiger partial charge >= 0.3 is 0 Å². The second kappa shape index (κ2) is 6.21. The van der Waals surface area contributed by atoms with E-state index in [4.69, 9.17) is 0 Å². The predicted molar refractivity (Wildman–Crippen MR) is 96.4 cm³/mol. The van der Waals surface area contributed by atoms with Gasteiger partial charge in [0.25, 0.3) is 0 Å². The van der Waals surface area contributed by atoms with E-state index in [-0.39, 0.29) is 5.92 Å². The highest BCUT2D eigenvalue weighted by atomic mass is 16.2. The molecule has 4 nitrogen and oxygen atoms in total. The standard InChI is InChI=1S/C20H31N3O/c1-4-23(5-2)20(24)14-9-16-15-7-6-8-17-19(15)13(11-21-17)10-18(16)22(3)12-14/h9,11,14-15,17-19,21H,4-8,10,12H2,1-3H3/t14-,15?,17?,18-,19?/m1/s1. The third-order valence-electron chi connectivity index (χ3n) is 6.85. The van der Waals surface area contributed by atoms with Gasteiger partial charge in [0.2, 0.25) is 5.91 Å². The third kappa shape index (κ3) is 2.42. The molecule has 2 aliphatic heterocycles. The first-order valence-corrected chi connectivity index (χ1v) is 9.79. The summed E-state index contributed by atoms with van der Waals surface area (Å²) in [4.78, 5) is 17.3. The van der Waals surface area contributed by atoms with Crippen LogP contribution in [0.25, 0.3) is 0 Å². The summed E-state index contributed by atoms with van der Waals surface area (Å²) in [6.07, 6.45) is 9.75. The van der Waals surface area contributed by atoms with Crippen molar-refractivity contribution in [1.82, 2.24) is 15.1 Å². The van der Waals surface area contributed by atoms with E-state index in [1.165, 1.54) is 19.3 Å². The number of rotatable bonds is 3. The van der Waals surface area contributed by atoms with E-state index < -0.39 is 0 Å². The smallest absolute Gasteiger partial charge is 0.230 e. The lowest BCUT2D eigenvalue weighted by Crippen LogP contribution is -2.52. The van der Waals surface area contributed by atoms with Gasteiger partial charge in [-0.2, -0.15) is 0 Å². The second-order valence-corrected chi connectivity index (χ2v) is 8.00. The fourth-order valence-electron chi connectivity index (χ4n) is 5.66. The third-order valence-corrected chi connectivity index (χ3v) is 6.85. The molecule has 4 heteroatoms. The molecule has 2 heterocycles. The van der Waals surface area contributed by atoms with Crippen LogP contribution in [0.1, 0.15) is 39.5 Å². The zero-order valence-electron chi connectivity index (χ0n) is 15.3. The van der Waals surface area contributed by atoms with Gasteiger partial charge < -0.3 is 10.2 Å². The summed E-state index contributed by atoms with van der Waals surface area (Å²) < 4.78 is 0. The summed E-state index contributed by atoms with van der Waals surface area (Å²) >= 11 is 0. The molecule has 2 aliphatic carbocycles. The zero-order valence-corrected chi connectivity index (χ0v) is 15.3. The average Bonchev–Trinajstić information content (AvgIpc) is 3.01. The van der Waals surface area contributed by atoms with Crippen LogP contribution in [0.15, 0.2) is 23.4 Å². The van der Waals surface area contributed by atoms with Crippen molar-refractivity contribution in [1.29, 1.82) is 0 Å². The minimum Gasteiger partial charge on any atom is -0.388 e. The Bertz CT molecular complexity index is 577. The van der Waals surface area contributed by atoms with Crippen LogP contribution in [-0.4, -0.2) is 54.5 Å². The minimum absolute atomic E-state index is 0.0430. The van der Waals surface area contributed by atoms with Crippen molar-refractivity contribution >= 4 is 5.91 Å². The molecule has 0 aromatic carbocycles.